The SMILES string of the molecule is COc1cc(N2CCC(c3c(N)nc(N)nc3Cl)CC2)cc(OC)c1OC. The molecule has 1 saturated heterocycles. The van der Waals surface area contributed by atoms with Crippen LogP contribution in [-0.4, -0.2) is 44.4 Å². The van der Waals surface area contributed by atoms with Gasteiger partial charge in [-0.25, -0.2) is 4.98 Å². The first-order chi connectivity index (χ1) is 13.0. The fourth-order valence-corrected chi connectivity index (χ4v) is 3.87. The quantitative estimate of drug-likeness (QED) is 0.746. The fourth-order valence-electron chi connectivity index (χ4n) is 3.53. The van der Waals surface area contributed by atoms with Gasteiger partial charge in [-0.15, -0.1) is 0 Å². The van der Waals surface area contributed by atoms with Gasteiger partial charge >= 0.3 is 0 Å². The highest BCUT2D eigenvalue weighted by Crippen LogP contribution is 2.43. The summed E-state index contributed by atoms with van der Waals surface area (Å²) in [5.41, 5.74) is 13.4. The highest BCUT2D eigenvalue weighted by molar-refractivity contribution is 6.30. The van der Waals surface area contributed by atoms with Gasteiger partial charge in [0.05, 0.1) is 21.3 Å². The molecule has 0 radical (unpaired) electrons. The topological polar surface area (TPSA) is 109 Å². The molecule has 0 unspecified atom stereocenters. The zero-order valence-electron chi connectivity index (χ0n) is 15.7. The van der Waals surface area contributed by atoms with Crippen molar-refractivity contribution in [1.82, 2.24) is 9.97 Å². The zero-order chi connectivity index (χ0) is 19.6. The van der Waals surface area contributed by atoms with Crippen LogP contribution >= 0.6 is 11.6 Å². The first kappa shape index (κ1) is 19.2. The molecule has 27 heavy (non-hydrogen) atoms. The van der Waals surface area contributed by atoms with E-state index in [9.17, 15) is 0 Å². The molecule has 146 valence electrons. The first-order valence-corrected chi connectivity index (χ1v) is 8.99. The maximum Gasteiger partial charge on any atom is 0.223 e. The van der Waals surface area contributed by atoms with E-state index < -0.39 is 0 Å². The smallest absolute Gasteiger partial charge is 0.223 e. The van der Waals surface area contributed by atoms with Gasteiger partial charge in [-0.05, 0) is 18.8 Å². The number of nitrogen functional groups attached to an aromatic ring is 2. The molecule has 2 heterocycles. The number of hydrogen-bond donors (Lipinski definition) is 2. The van der Waals surface area contributed by atoms with Crippen molar-refractivity contribution < 1.29 is 14.2 Å². The van der Waals surface area contributed by atoms with Crippen LogP contribution in [0.3, 0.4) is 0 Å². The highest BCUT2D eigenvalue weighted by atomic mass is 35.5. The minimum atomic E-state index is 0.0936. The number of halogens is 1. The molecular formula is C18H24ClN5O3. The summed E-state index contributed by atoms with van der Waals surface area (Å²) in [5, 5.41) is 0.339. The Labute approximate surface area is 163 Å². The van der Waals surface area contributed by atoms with E-state index in [0.717, 1.165) is 37.2 Å². The Bertz CT molecular complexity index is 777. The molecule has 0 atom stereocenters. The maximum atomic E-state index is 6.26. The van der Waals surface area contributed by atoms with Crippen LogP contribution in [0.15, 0.2) is 12.1 Å². The Morgan fingerprint density at radius 2 is 1.59 bits per heavy atom. The summed E-state index contributed by atoms with van der Waals surface area (Å²) in [5.74, 6) is 2.49. The highest BCUT2D eigenvalue weighted by Gasteiger charge is 2.27. The number of methoxy groups -OCH3 is 3. The molecule has 1 aliphatic heterocycles. The molecule has 8 nitrogen and oxygen atoms in total. The largest absolute Gasteiger partial charge is 0.493 e. The van der Waals surface area contributed by atoms with Crippen molar-refractivity contribution in [3.8, 4) is 17.2 Å². The second kappa shape index (κ2) is 7.96. The van der Waals surface area contributed by atoms with E-state index in [4.69, 9.17) is 37.3 Å². The number of nitrogens with two attached hydrogens (primary N) is 2. The molecule has 1 fully saturated rings. The summed E-state index contributed by atoms with van der Waals surface area (Å²) < 4.78 is 16.3. The molecule has 0 amide bonds. The predicted octanol–water partition coefficient (Wildman–Crippen LogP) is 2.70. The summed E-state index contributed by atoms with van der Waals surface area (Å²) in [6, 6.07) is 3.91. The van der Waals surface area contributed by atoms with E-state index in [0.29, 0.717) is 28.2 Å². The van der Waals surface area contributed by atoms with Crippen LogP contribution in [0.1, 0.15) is 24.3 Å². The van der Waals surface area contributed by atoms with Gasteiger partial charge in [-0.3, -0.25) is 0 Å². The molecule has 1 aromatic heterocycles. The van der Waals surface area contributed by atoms with Crippen molar-refractivity contribution in [3.63, 3.8) is 0 Å². The Balaban J connectivity index is 1.80. The Morgan fingerprint density at radius 3 is 2.07 bits per heavy atom. The molecule has 1 aliphatic rings. The normalized spacial score (nSPS) is 14.9. The fraction of sp³-hybridized carbons (Fsp3) is 0.444. The van der Waals surface area contributed by atoms with Gasteiger partial charge < -0.3 is 30.6 Å². The van der Waals surface area contributed by atoms with Gasteiger partial charge in [0.1, 0.15) is 11.0 Å². The van der Waals surface area contributed by atoms with E-state index in [2.05, 4.69) is 14.9 Å². The minimum Gasteiger partial charge on any atom is -0.493 e. The van der Waals surface area contributed by atoms with Gasteiger partial charge in [0.2, 0.25) is 11.7 Å². The Morgan fingerprint density at radius 1 is 1.00 bits per heavy atom. The number of aromatic nitrogens is 2. The number of benzene rings is 1. The monoisotopic (exact) mass is 393 g/mol. The minimum absolute atomic E-state index is 0.0936. The molecule has 0 aliphatic carbocycles. The second-order valence-electron chi connectivity index (χ2n) is 6.32. The van der Waals surface area contributed by atoms with Crippen LogP contribution in [0.5, 0.6) is 17.2 Å². The number of ether oxygens (including phenoxy) is 3. The molecule has 2 aromatic rings. The van der Waals surface area contributed by atoms with E-state index in [-0.39, 0.29) is 11.9 Å². The van der Waals surface area contributed by atoms with E-state index in [1.165, 1.54) is 0 Å². The molecule has 0 bridgehead atoms. The third kappa shape index (κ3) is 3.75. The van der Waals surface area contributed by atoms with Crippen LogP contribution in [-0.2, 0) is 0 Å². The standard InChI is InChI=1S/C18H24ClN5O3/c1-25-12-8-11(9-13(26-2)15(12)27-3)24-6-4-10(5-7-24)14-16(19)22-18(21)23-17(14)20/h8-10H,4-7H2,1-3H3,(H4,20,21,22,23). The van der Waals surface area contributed by atoms with Crippen molar-refractivity contribution in [1.29, 1.82) is 0 Å². The molecule has 3 rings (SSSR count). The Hall–Kier alpha value is -2.61. The van der Waals surface area contributed by atoms with Crippen molar-refractivity contribution in [2.45, 2.75) is 18.8 Å². The average Bonchev–Trinajstić information content (AvgIpc) is 2.66. The number of piperidine rings is 1. The van der Waals surface area contributed by atoms with Crippen LogP contribution in [0.4, 0.5) is 17.5 Å². The average molecular weight is 394 g/mol. The summed E-state index contributed by atoms with van der Waals surface area (Å²) in [4.78, 5) is 10.4. The Kier molecular flexibility index (Phi) is 5.65. The lowest BCUT2D eigenvalue weighted by atomic mass is 9.90. The van der Waals surface area contributed by atoms with E-state index in [1.807, 2.05) is 12.1 Å². The van der Waals surface area contributed by atoms with Crippen LogP contribution in [0.25, 0.3) is 0 Å². The summed E-state index contributed by atoms with van der Waals surface area (Å²) in [7, 11) is 4.81. The first-order valence-electron chi connectivity index (χ1n) is 8.61. The van der Waals surface area contributed by atoms with Crippen LogP contribution in [0.2, 0.25) is 5.15 Å². The molecule has 0 saturated carbocycles. The van der Waals surface area contributed by atoms with Gasteiger partial charge in [0, 0.05) is 36.5 Å². The van der Waals surface area contributed by atoms with E-state index >= 15 is 0 Å². The third-order valence-electron chi connectivity index (χ3n) is 4.86. The van der Waals surface area contributed by atoms with Crippen molar-refractivity contribution in [2.75, 3.05) is 50.8 Å². The summed E-state index contributed by atoms with van der Waals surface area (Å²) in [6.45, 7) is 1.65. The predicted molar refractivity (Wildman–Crippen MR) is 106 cm³/mol. The number of nitrogens with zero attached hydrogens (tertiary/aromatic N) is 3. The zero-order valence-corrected chi connectivity index (χ0v) is 16.4. The molecule has 9 heteroatoms. The van der Waals surface area contributed by atoms with Crippen molar-refractivity contribution >= 4 is 29.1 Å². The van der Waals surface area contributed by atoms with Crippen LogP contribution < -0.4 is 30.6 Å². The third-order valence-corrected chi connectivity index (χ3v) is 5.15. The van der Waals surface area contributed by atoms with Crippen molar-refractivity contribution in [2.24, 2.45) is 0 Å². The number of anilines is 3. The second-order valence-corrected chi connectivity index (χ2v) is 6.67. The van der Waals surface area contributed by atoms with Gasteiger partial charge in [-0.2, -0.15) is 4.98 Å². The number of rotatable bonds is 5. The summed E-state index contributed by atoms with van der Waals surface area (Å²) in [6.07, 6.45) is 1.74. The van der Waals surface area contributed by atoms with Gasteiger partial charge in [0.25, 0.3) is 0 Å². The van der Waals surface area contributed by atoms with E-state index in [1.54, 1.807) is 21.3 Å². The molecule has 0 spiro atoms. The van der Waals surface area contributed by atoms with Gasteiger partial charge in [0.15, 0.2) is 11.5 Å². The lowest BCUT2D eigenvalue weighted by Gasteiger charge is -2.34. The lowest BCUT2D eigenvalue weighted by molar-refractivity contribution is 0.324. The van der Waals surface area contributed by atoms with Crippen molar-refractivity contribution in [3.05, 3.63) is 22.8 Å². The van der Waals surface area contributed by atoms with Crippen LogP contribution in [0, 0.1) is 0 Å². The van der Waals surface area contributed by atoms with Gasteiger partial charge in [-0.1, -0.05) is 11.6 Å². The molecule has 4 N–H and O–H groups in total. The lowest BCUT2D eigenvalue weighted by Crippen LogP contribution is -2.33. The maximum absolute atomic E-state index is 6.26. The summed E-state index contributed by atoms with van der Waals surface area (Å²) >= 11 is 6.26. The number of hydrogen-bond acceptors (Lipinski definition) is 8. The molecular weight excluding hydrogens is 370 g/mol. The molecule has 1 aromatic carbocycles.